The number of halogens is 2. The maximum Gasteiger partial charge on any atom is 0.274 e. The van der Waals surface area contributed by atoms with Crippen LogP contribution in [0.5, 0.6) is 0 Å². The molecule has 0 radical (unpaired) electrons. The molecule has 1 N–H and O–H groups in total. The molecule has 0 bridgehead atoms. The number of rotatable bonds is 2. The van der Waals surface area contributed by atoms with Gasteiger partial charge >= 0.3 is 0 Å². The van der Waals surface area contributed by atoms with Crippen molar-refractivity contribution < 1.29 is 14.0 Å². The van der Waals surface area contributed by atoms with E-state index >= 15 is 0 Å². The fraction of sp³-hybridized carbons (Fsp3) is 0.125. The van der Waals surface area contributed by atoms with Crippen LogP contribution in [0.4, 0.5) is 4.39 Å². The van der Waals surface area contributed by atoms with Crippen LogP contribution in [-0.4, -0.2) is 13.0 Å². The van der Waals surface area contributed by atoms with E-state index in [2.05, 4.69) is 10.3 Å². The second kappa shape index (κ2) is 4.52. The molecule has 0 saturated heterocycles. The minimum atomic E-state index is -0.460. The number of hydrogen-bond acceptors (Lipinski definition) is 2. The highest BCUT2D eigenvalue weighted by Crippen LogP contribution is 2.12. The highest BCUT2D eigenvalue weighted by molar-refractivity contribution is 14.1. The van der Waals surface area contributed by atoms with Crippen LogP contribution in [0.2, 0.25) is 0 Å². The van der Waals surface area contributed by atoms with Gasteiger partial charge in [0.15, 0.2) is 0 Å². The summed E-state index contributed by atoms with van der Waals surface area (Å²) in [5.74, 6) is -0.873. The van der Waals surface area contributed by atoms with Crippen LogP contribution >= 0.6 is 22.6 Å². The molecule has 0 heterocycles. The van der Waals surface area contributed by atoms with E-state index in [0.29, 0.717) is 3.57 Å². The Morgan fingerprint density at radius 2 is 2.31 bits per heavy atom. The number of amides is 1. The molecule has 13 heavy (non-hydrogen) atoms. The van der Waals surface area contributed by atoms with Crippen molar-refractivity contribution in [1.82, 2.24) is 5.48 Å². The molecule has 5 heteroatoms. The Morgan fingerprint density at radius 3 is 2.85 bits per heavy atom. The molecular formula is C8H7FINO2. The lowest BCUT2D eigenvalue weighted by molar-refractivity contribution is 0.0537. The Bertz CT molecular complexity index is 330. The van der Waals surface area contributed by atoms with Gasteiger partial charge in [0.25, 0.3) is 5.91 Å². The fourth-order valence-corrected chi connectivity index (χ4v) is 1.12. The molecule has 0 aromatic heterocycles. The summed E-state index contributed by atoms with van der Waals surface area (Å²) in [4.78, 5) is 15.5. The maximum absolute atomic E-state index is 13.0. The zero-order valence-corrected chi connectivity index (χ0v) is 8.96. The Kier molecular flexibility index (Phi) is 3.61. The van der Waals surface area contributed by atoms with Crippen molar-refractivity contribution in [3.8, 4) is 0 Å². The Hall–Kier alpha value is -0.690. The third-order valence-corrected chi connectivity index (χ3v) is 2.25. The molecular weight excluding hydrogens is 288 g/mol. The number of carbonyl (C=O) groups is 1. The number of hydrogen-bond donors (Lipinski definition) is 1. The molecule has 0 atom stereocenters. The van der Waals surface area contributed by atoms with Gasteiger partial charge in [0.1, 0.15) is 5.82 Å². The van der Waals surface area contributed by atoms with Crippen LogP contribution in [0.3, 0.4) is 0 Å². The van der Waals surface area contributed by atoms with Crippen molar-refractivity contribution >= 4 is 28.5 Å². The molecule has 0 unspecified atom stereocenters. The highest BCUT2D eigenvalue weighted by atomic mass is 127. The molecule has 0 aliphatic carbocycles. The lowest BCUT2D eigenvalue weighted by atomic mass is 10.2. The Morgan fingerprint density at radius 1 is 1.62 bits per heavy atom. The predicted octanol–water partition coefficient (Wildman–Crippen LogP) is 1.72. The summed E-state index contributed by atoms with van der Waals surface area (Å²) in [6.07, 6.45) is 0. The van der Waals surface area contributed by atoms with Gasteiger partial charge in [0.2, 0.25) is 0 Å². The Labute approximate surface area is 88.4 Å². The van der Waals surface area contributed by atoms with Crippen LogP contribution in [-0.2, 0) is 4.84 Å². The van der Waals surface area contributed by atoms with Crippen LogP contribution < -0.4 is 5.48 Å². The summed E-state index contributed by atoms with van der Waals surface area (Å²) in [7, 11) is 1.32. The molecule has 1 amide bonds. The van der Waals surface area contributed by atoms with Crippen LogP contribution in [0.25, 0.3) is 0 Å². The summed E-state index contributed by atoms with van der Waals surface area (Å²) in [5.41, 5.74) is 2.34. The third-order valence-electron chi connectivity index (χ3n) is 1.38. The van der Waals surface area contributed by atoms with E-state index in [0.717, 1.165) is 6.07 Å². The van der Waals surface area contributed by atoms with Gasteiger partial charge in [0.05, 0.1) is 7.11 Å². The van der Waals surface area contributed by atoms with E-state index in [-0.39, 0.29) is 5.56 Å². The van der Waals surface area contributed by atoms with Gasteiger partial charge in [-0.25, -0.2) is 9.87 Å². The van der Waals surface area contributed by atoms with E-state index in [1.165, 1.54) is 19.2 Å². The minimum absolute atomic E-state index is 0.236. The topological polar surface area (TPSA) is 38.3 Å². The average molecular weight is 295 g/mol. The van der Waals surface area contributed by atoms with Crippen molar-refractivity contribution in [3.63, 3.8) is 0 Å². The molecule has 0 spiro atoms. The normalized spacial score (nSPS) is 9.77. The second-order valence-corrected chi connectivity index (χ2v) is 3.43. The number of benzene rings is 1. The average Bonchev–Trinajstić information content (AvgIpc) is 2.10. The Balaban J connectivity index is 2.90. The first-order chi connectivity index (χ1) is 6.15. The summed E-state index contributed by atoms with van der Waals surface area (Å²) >= 11 is 1.85. The second-order valence-electron chi connectivity index (χ2n) is 2.26. The largest absolute Gasteiger partial charge is 0.277 e. The van der Waals surface area contributed by atoms with Gasteiger partial charge in [-0.1, -0.05) is 0 Å². The third kappa shape index (κ3) is 2.63. The molecule has 1 aromatic rings. The van der Waals surface area contributed by atoms with E-state index in [1.54, 1.807) is 0 Å². The minimum Gasteiger partial charge on any atom is -0.277 e. The van der Waals surface area contributed by atoms with Gasteiger partial charge in [-0.05, 0) is 40.8 Å². The van der Waals surface area contributed by atoms with Crippen molar-refractivity contribution in [3.05, 3.63) is 33.1 Å². The first-order valence-corrected chi connectivity index (χ1v) is 4.51. The molecule has 0 aliphatic heterocycles. The number of nitrogens with one attached hydrogen (secondary N) is 1. The number of hydroxylamine groups is 1. The molecule has 1 aromatic carbocycles. The first kappa shape index (κ1) is 10.4. The van der Waals surface area contributed by atoms with Gasteiger partial charge in [-0.2, -0.15) is 0 Å². The summed E-state index contributed by atoms with van der Waals surface area (Å²) in [5, 5.41) is 0. The van der Waals surface area contributed by atoms with Gasteiger partial charge in [0, 0.05) is 9.13 Å². The predicted molar refractivity (Wildman–Crippen MR) is 53.6 cm³/mol. The zero-order valence-electron chi connectivity index (χ0n) is 6.80. The van der Waals surface area contributed by atoms with Crippen molar-refractivity contribution in [2.24, 2.45) is 0 Å². The fourth-order valence-electron chi connectivity index (χ4n) is 0.789. The van der Waals surface area contributed by atoms with Crippen LogP contribution in [0.1, 0.15) is 10.4 Å². The smallest absolute Gasteiger partial charge is 0.274 e. The molecule has 3 nitrogen and oxygen atoms in total. The summed E-state index contributed by atoms with van der Waals surface area (Å²) in [6, 6.07) is 4.22. The molecule has 0 aliphatic rings. The van der Waals surface area contributed by atoms with Gasteiger partial charge < -0.3 is 0 Å². The van der Waals surface area contributed by atoms with Crippen LogP contribution in [0, 0.1) is 9.39 Å². The SMILES string of the molecule is CONC(=O)c1ccc(I)c(F)c1. The molecule has 0 saturated carbocycles. The monoisotopic (exact) mass is 295 g/mol. The van der Waals surface area contributed by atoms with E-state index < -0.39 is 11.7 Å². The summed E-state index contributed by atoms with van der Waals surface area (Å²) in [6.45, 7) is 0. The standard InChI is InChI=1S/C8H7FINO2/c1-13-11-8(12)5-2-3-7(10)6(9)4-5/h2-4H,1H3,(H,11,12). The van der Waals surface area contributed by atoms with Crippen molar-refractivity contribution in [1.29, 1.82) is 0 Å². The maximum atomic E-state index is 13.0. The molecule has 0 fully saturated rings. The zero-order chi connectivity index (χ0) is 9.84. The quantitative estimate of drug-likeness (QED) is 0.666. The molecule has 70 valence electrons. The first-order valence-electron chi connectivity index (χ1n) is 3.43. The van der Waals surface area contributed by atoms with Gasteiger partial charge in [-0.3, -0.25) is 9.63 Å². The lowest BCUT2D eigenvalue weighted by Crippen LogP contribution is -2.21. The summed E-state index contributed by atoms with van der Waals surface area (Å²) < 4.78 is 13.4. The van der Waals surface area contributed by atoms with E-state index in [9.17, 15) is 9.18 Å². The molecule has 1 rings (SSSR count). The van der Waals surface area contributed by atoms with Crippen molar-refractivity contribution in [2.45, 2.75) is 0 Å². The lowest BCUT2D eigenvalue weighted by Gasteiger charge is -2.02. The number of carbonyl (C=O) groups excluding carboxylic acids is 1. The van der Waals surface area contributed by atoms with Crippen molar-refractivity contribution in [2.75, 3.05) is 7.11 Å². The van der Waals surface area contributed by atoms with Crippen LogP contribution in [0.15, 0.2) is 18.2 Å². The van der Waals surface area contributed by atoms with E-state index in [4.69, 9.17) is 0 Å². The highest BCUT2D eigenvalue weighted by Gasteiger charge is 2.07. The van der Waals surface area contributed by atoms with Gasteiger partial charge in [-0.15, -0.1) is 0 Å². The van der Waals surface area contributed by atoms with E-state index in [1.807, 2.05) is 22.6 Å².